The molecule has 2 aromatic heterocycles. The lowest BCUT2D eigenvalue weighted by Crippen LogP contribution is -2.54. The van der Waals surface area contributed by atoms with E-state index >= 15 is 0 Å². The number of esters is 1. The molecule has 10 nitrogen and oxygen atoms in total. The first-order chi connectivity index (χ1) is 17.0. The van der Waals surface area contributed by atoms with E-state index in [1.165, 1.54) is 6.92 Å². The van der Waals surface area contributed by atoms with Crippen molar-refractivity contribution in [3.63, 3.8) is 0 Å². The van der Waals surface area contributed by atoms with Crippen molar-refractivity contribution < 1.29 is 19.1 Å². The van der Waals surface area contributed by atoms with Crippen molar-refractivity contribution in [2.75, 3.05) is 18.4 Å². The van der Waals surface area contributed by atoms with Crippen LogP contribution in [-0.4, -0.2) is 62.4 Å². The molecule has 194 valence electrons. The number of hydrogen-bond acceptors (Lipinski definition) is 8. The number of anilines is 1. The van der Waals surface area contributed by atoms with Gasteiger partial charge in [0, 0.05) is 18.9 Å². The Hall–Kier alpha value is -3.06. The first-order valence-electron chi connectivity index (χ1n) is 12.4. The molecule has 2 aromatic rings. The summed E-state index contributed by atoms with van der Waals surface area (Å²) in [4.78, 5) is 30.4. The number of ether oxygens (including phenoxy) is 2. The molecular formula is C25H33ClN6O4. The summed E-state index contributed by atoms with van der Waals surface area (Å²) in [5.41, 5.74) is 1.12. The minimum absolute atomic E-state index is 0.133. The fourth-order valence-corrected chi connectivity index (χ4v) is 5.36. The van der Waals surface area contributed by atoms with Gasteiger partial charge in [-0.25, -0.2) is 14.3 Å². The van der Waals surface area contributed by atoms with Gasteiger partial charge >= 0.3 is 12.1 Å². The Morgan fingerprint density at radius 3 is 2.64 bits per heavy atom. The molecule has 3 heterocycles. The van der Waals surface area contributed by atoms with Crippen LogP contribution in [0.4, 0.5) is 10.7 Å². The van der Waals surface area contributed by atoms with Gasteiger partial charge in [-0.2, -0.15) is 5.26 Å². The Kier molecular flexibility index (Phi) is 7.06. The van der Waals surface area contributed by atoms with Crippen molar-refractivity contribution >= 4 is 35.1 Å². The molecule has 1 aliphatic carbocycles. The van der Waals surface area contributed by atoms with Crippen molar-refractivity contribution in [2.24, 2.45) is 0 Å². The normalized spacial score (nSPS) is 21.4. The number of aromatic nitrogens is 3. The largest absolute Gasteiger partial charge is 0.458 e. The molecular weight excluding hydrogens is 484 g/mol. The number of nitriles is 1. The van der Waals surface area contributed by atoms with Crippen LogP contribution in [0.2, 0.25) is 5.02 Å². The number of carbonyl (C=O) groups excluding carboxylic acids is 2. The molecule has 2 aliphatic rings. The molecule has 0 radical (unpaired) electrons. The van der Waals surface area contributed by atoms with E-state index in [-0.39, 0.29) is 18.0 Å². The van der Waals surface area contributed by atoms with Gasteiger partial charge in [-0.3, -0.25) is 4.79 Å². The number of fused-ring (bicyclic) bond motifs is 1. The SMILES string of the molecule is CCC1(c2c(C#N)c(Cl)c3cnc(N[C@H]4CCN(C(=O)OC(C)(C)C)C[C@H]4OC(C)=O)nn23)CCC1. The van der Waals surface area contributed by atoms with Crippen LogP contribution in [0.5, 0.6) is 0 Å². The molecule has 0 aromatic carbocycles. The van der Waals surface area contributed by atoms with E-state index in [9.17, 15) is 14.9 Å². The molecule has 0 unspecified atom stereocenters. The monoisotopic (exact) mass is 516 g/mol. The fourth-order valence-electron chi connectivity index (χ4n) is 5.10. The molecule has 1 saturated carbocycles. The van der Waals surface area contributed by atoms with E-state index < -0.39 is 23.8 Å². The van der Waals surface area contributed by atoms with Gasteiger partial charge < -0.3 is 19.7 Å². The van der Waals surface area contributed by atoms with Crippen molar-refractivity contribution in [3.8, 4) is 6.07 Å². The van der Waals surface area contributed by atoms with Crippen LogP contribution in [0, 0.1) is 11.3 Å². The lowest BCUT2D eigenvalue weighted by Gasteiger charge is -2.41. The zero-order valence-electron chi connectivity index (χ0n) is 21.4. The van der Waals surface area contributed by atoms with Crippen LogP contribution in [0.15, 0.2) is 6.20 Å². The Morgan fingerprint density at radius 2 is 2.08 bits per heavy atom. The molecule has 36 heavy (non-hydrogen) atoms. The molecule has 1 N–H and O–H groups in total. The highest BCUT2D eigenvalue weighted by Gasteiger charge is 2.43. The first kappa shape index (κ1) is 26.0. The van der Waals surface area contributed by atoms with Gasteiger partial charge in [-0.1, -0.05) is 24.9 Å². The molecule has 2 fully saturated rings. The average Bonchev–Trinajstić information content (AvgIpc) is 3.04. The summed E-state index contributed by atoms with van der Waals surface area (Å²) in [7, 11) is 0. The predicted octanol–water partition coefficient (Wildman–Crippen LogP) is 4.44. The van der Waals surface area contributed by atoms with E-state index in [4.69, 9.17) is 26.2 Å². The molecule has 0 spiro atoms. The second-order valence-electron chi connectivity index (χ2n) is 10.6. The maximum Gasteiger partial charge on any atom is 0.410 e. The summed E-state index contributed by atoms with van der Waals surface area (Å²) >= 11 is 6.57. The van der Waals surface area contributed by atoms with Crippen LogP contribution in [0.3, 0.4) is 0 Å². The highest BCUT2D eigenvalue weighted by Crippen LogP contribution is 2.49. The third-order valence-electron chi connectivity index (χ3n) is 7.07. The summed E-state index contributed by atoms with van der Waals surface area (Å²) in [6, 6.07) is 1.95. The number of amides is 1. The number of nitrogens with zero attached hydrogens (tertiary/aromatic N) is 5. The molecule has 11 heteroatoms. The van der Waals surface area contributed by atoms with Crippen LogP contribution < -0.4 is 5.32 Å². The summed E-state index contributed by atoms with van der Waals surface area (Å²) in [6.45, 7) is 9.49. The van der Waals surface area contributed by atoms with E-state index in [0.717, 1.165) is 31.4 Å². The number of carbonyl (C=O) groups is 2. The van der Waals surface area contributed by atoms with Crippen LogP contribution >= 0.6 is 11.6 Å². The molecule has 1 saturated heterocycles. The van der Waals surface area contributed by atoms with Crippen LogP contribution in [0.25, 0.3) is 5.52 Å². The lowest BCUT2D eigenvalue weighted by molar-refractivity contribution is -0.149. The maximum absolute atomic E-state index is 12.6. The number of halogens is 1. The van der Waals surface area contributed by atoms with Gasteiger partial charge in [0.05, 0.1) is 35.1 Å². The van der Waals surface area contributed by atoms with E-state index in [0.29, 0.717) is 35.0 Å². The van der Waals surface area contributed by atoms with E-state index in [1.807, 2.05) is 20.8 Å². The van der Waals surface area contributed by atoms with Crippen molar-refractivity contribution in [2.45, 2.75) is 89.9 Å². The third-order valence-corrected chi connectivity index (χ3v) is 7.45. The number of likely N-dealkylation sites (tertiary alicyclic amines) is 1. The highest BCUT2D eigenvalue weighted by molar-refractivity contribution is 6.35. The minimum Gasteiger partial charge on any atom is -0.458 e. The summed E-state index contributed by atoms with van der Waals surface area (Å²) < 4.78 is 12.8. The van der Waals surface area contributed by atoms with Crippen LogP contribution in [0.1, 0.15) is 78.0 Å². The minimum atomic E-state index is -0.624. The quantitative estimate of drug-likeness (QED) is 0.579. The Morgan fingerprint density at radius 1 is 1.36 bits per heavy atom. The number of rotatable bonds is 5. The zero-order valence-corrected chi connectivity index (χ0v) is 22.2. The van der Waals surface area contributed by atoms with Gasteiger partial charge in [0.25, 0.3) is 0 Å². The summed E-state index contributed by atoms with van der Waals surface area (Å²) in [5, 5.41) is 18.2. The number of nitrogens with one attached hydrogen (secondary N) is 1. The Balaban J connectivity index is 1.61. The molecule has 0 bridgehead atoms. The molecule has 2 atom stereocenters. The van der Waals surface area contributed by atoms with Crippen molar-refractivity contribution in [1.29, 1.82) is 5.26 Å². The topological polar surface area (TPSA) is 122 Å². The summed E-state index contributed by atoms with van der Waals surface area (Å²) in [6.07, 6.45) is 4.99. The van der Waals surface area contributed by atoms with Gasteiger partial charge in [-0.05, 0) is 46.5 Å². The first-order valence-corrected chi connectivity index (χ1v) is 12.8. The number of piperidine rings is 1. The summed E-state index contributed by atoms with van der Waals surface area (Å²) in [5.74, 6) is -0.111. The van der Waals surface area contributed by atoms with Gasteiger partial charge in [0.15, 0.2) is 0 Å². The van der Waals surface area contributed by atoms with Crippen molar-refractivity contribution in [3.05, 3.63) is 22.5 Å². The van der Waals surface area contributed by atoms with Gasteiger partial charge in [-0.15, -0.1) is 5.10 Å². The lowest BCUT2D eigenvalue weighted by atomic mass is 9.64. The smallest absolute Gasteiger partial charge is 0.410 e. The van der Waals surface area contributed by atoms with E-state index in [2.05, 4.69) is 23.3 Å². The van der Waals surface area contributed by atoms with Gasteiger partial charge in [0.1, 0.15) is 23.3 Å². The van der Waals surface area contributed by atoms with Crippen LogP contribution in [-0.2, 0) is 19.7 Å². The zero-order chi connectivity index (χ0) is 26.3. The standard InChI is InChI=1S/C25H33ClN6O4/c1-6-25(9-7-10-25)21-16(12-27)20(26)18-13-28-22(30-32(18)21)29-17-8-11-31(14-19(17)35-15(2)33)23(34)36-24(3,4)5/h13,17,19H,6-11,14H2,1-5H3,(H,29,30)/t17-,19+/m0/s1. The molecule has 1 amide bonds. The Bertz CT molecular complexity index is 1200. The molecule has 1 aliphatic heterocycles. The second-order valence-corrected chi connectivity index (χ2v) is 11.0. The average molecular weight is 517 g/mol. The Labute approximate surface area is 215 Å². The maximum atomic E-state index is 12.6. The third kappa shape index (κ3) is 4.94. The van der Waals surface area contributed by atoms with Gasteiger partial charge in [0.2, 0.25) is 5.95 Å². The second kappa shape index (κ2) is 9.77. The fraction of sp³-hybridized carbons (Fsp3) is 0.640. The molecule has 4 rings (SSSR count). The highest BCUT2D eigenvalue weighted by atomic mass is 35.5. The van der Waals surface area contributed by atoms with E-state index in [1.54, 1.807) is 15.6 Å². The number of hydrogen-bond donors (Lipinski definition) is 1. The van der Waals surface area contributed by atoms with Crippen molar-refractivity contribution in [1.82, 2.24) is 19.5 Å². The predicted molar refractivity (Wildman–Crippen MR) is 134 cm³/mol.